The molecule has 29 heavy (non-hydrogen) atoms. The van der Waals surface area contributed by atoms with Crippen LogP contribution >= 0.6 is 0 Å². The van der Waals surface area contributed by atoms with Crippen LogP contribution in [0, 0.1) is 46.3 Å². The first-order valence-electron chi connectivity index (χ1n) is 12.6. The van der Waals surface area contributed by atoms with Crippen LogP contribution in [0.1, 0.15) is 98.8 Å². The molecule has 0 amide bonds. The summed E-state index contributed by atoms with van der Waals surface area (Å²) >= 11 is 0. The van der Waals surface area contributed by atoms with E-state index in [1.165, 1.54) is 62.5 Å². The molecule has 0 radical (unpaired) electrons. The van der Waals surface area contributed by atoms with Crippen LogP contribution in [0.2, 0.25) is 0 Å². The molecule has 0 aromatic heterocycles. The number of fused-ring (bicyclic) bond motifs is 5. The molecule has 4 aliphatic rings. The maximum absolute atomic E-state index is 12.0. The molecule has 0 aromatic rings. The van der Waals surface area contributed by atoms with Gasteiger partial charge < -0.3 is 0 Å². The van der Waals surface area contributed by atoms with Crippen LogP contribution in [0.4, 0.5) is 0 Å². The molecule has 0 spiro atoms. The molecule has 1 heteroatoms. The molecule has 0 bridgehead atoms. The molecule has 0 saturated heterocycles. The van der Waals surface area contributed by atoms with Gasteiger partial charge in [0.2, 0.25) is 0 Å². The molecule has 162 valence electrons. The third-order valence-electron chi connectivity index (χ3n) is 10.5. The topological polar surface area (TPSA) is 17.1 Å². The van der Waals surface area contributed by atoms with E-state index < -0.39 is 0 Å². The van der Waals surface area contributed by atoms with Crippen molar-refractivity contribution in [3.8, 4) is 0 Å². The zero-order chi connectivity index (χ0) is 21.0. The maximum atomic E-state index is 12.0. The van der Waals surface area contributed by atoms with E-state index in [0.29, 0.717) is 22.5 Å². The molecule has 1 nitrogen and oxygen atoms in total. The fourth-order valence-corrected chi connectivity index (χ4v) is 8.44. The number of allylic oxidation sites excluding steroid dienone is 2. The van der Waals surface area contributed by atoms with E-state index in [1.807, 2.05) is 0 Å². The van der Waals surface area contributed by atoms with E-state index >= 15 is 0 Å². The van der Waals surface area contributed by atoms with Gasteiger partial charge in [0.1, 0.15) is 0 Å². The monoisotopic (exact) mass is 396 g/mol. The van der Waals surface area contributed by atoms with Crippen LogP contribution in [-0.4, -0.2) is 5.78 Å². The second kappa shape index (κ2) is 7.69. The molecule has 0 heterocycles. The Kier molecular flexibility index (Phi) is 5.67. The highest BCUT2D eigenvalue weighted by molar-refractivity contribution is 5.91. The highest BCUT2D eigenvalue weighted by Gasteiger charge is 2.59. The molecule has 0 N–H and O–H groups in total. The predicted molar refractivity (Wildman–Crippen MR) is 123 cm³/mol. The van der Waals surface area contributed by atoms with E-state index in [0.717, 1.165) is 42.4 Å². The van der Waals surface area contributed by atoms with Gasteiger partial charge in [0.05, 0.1) is 0 Å². The Morgan fingerprint density at radius 3 is 2.55 bits per heavy atom. The SMILES string of the molecule is C=C(CC[C@H](C)[C@H]1CC[C@H]2[C@H]3CCC4=CC(=O)CC[C@]4(C)[C@H]3CC[C@]12C)C(C)C. The van der Waals surface area contributed by atoms with Crippen LogP contribution in [0.15, 0.2) is 23.8 Å². The van der Waals surface area contributed by atoms with Crippen molar-refractivity contribution in [2.75, 3.05) is 0 Å². The lowest BCUT2D eigenvalue weighted by molar-refractivity contribution is -0.117. The van der Waals surface area contributed by atoms with Crippen LogP contribution in [-0.2, 0) is 4.79 Å². The lowest BCUT2D eigenvalue weighted by Crippen LogP contribution is -2.50. The summed E-state index contributed by atoms with van der Waals surface area (Å²) in [6, 6.07) is 0. The van der Waals surface area contributed by atoms with Crippen LogP contribution < -0.4 is 0 Å². The molecule has 3 saturated carbocycles. The largest absolute Gasteiger partial charge is 0.295 e. The van der Waals surface area contributed by atoms with Crippen molar-refractivity contribution >= 4 is 5.78 Å². The first-order valence-corrected chi connectivity index (χ1v) is 12.6. The first-order chi connectivity index (χ1) is 13.7. The Balaban J connectivity index is 1.49. The molecule has 0 unspecified atom stereocenters. The van der Waals surface area contributed by atoms with E-state index in [4.69, 9.17) is 0 Å². The highest BCUT2D eigenvalue weighted by atomic mass is 16.1. The molecule has 0 aromatic carbocycles. The fraction of sp³-hybridized carbons (Fsp3) is 0.821. The van der Waals surface area contributed by atoms with Gasteiger partial charge in [-0.2, -0.15) is 0 Å². The van der Waals surface area contributed by atoms with Gasteiger partial charge in [0, 0.05) is 6.42 Å². The van der Waals surface area contributed by atoms with Gasteiger partial charge in [0.25, 0.3) is 0 Å². The zero-order valence-corrected chi connectivity index (χ0v) is 19.7. The average molecular weight is 397 g/mol. The Bertz CT molecular complexity index is 699. The second-order valence-electron chi connectivity index (χ2n) is 12.0. The van der Waals surface area contributed by atoms with Gasteiger partial charge in [-0.1, -0.05) is 52.3 Å². The number of ketones is 1. The van der Waals surface area contributed by atoms with E-state index in [1.54, 1.807) is 0 Å². The summed E-state index contributed by atoms with van der Waals surface area (Å²) in [5, 5.41) is 0. The number of carbonyl (C=O) groups is 1. The standard InChI is InChI=1S/C28H44O/c1-18(2)19(3)7-8-20(4)24-11-12-25-23-10-9-21-17-22(29)13-15-27(21,5)26(23)14-16-28(24,25)6/h17-18,20,23-26H,3,7-16H2,1-2,4-6H3/t20-,23+,24+,25-,26-,27-,28+/m0/s1. The summed E-state index contributed by atoms with van der Waals surface area (Å²) < 4.78 is 0. The predicted octanol–water partition coefficient (Wildman–Crippen LogP) is 7.76. The van der Waals surface area contributed by atoms with Gasteiger partial charge in [-0.3, -0.25) is 4.79 Å². The number of carbonyl (C=O) groups excluding carboxylic acids is 1. The summed E-state index contributed by atoms with van der Waals surface area (Å²) in [6.45, 7) is 16.6. The van der Waals surface area contributed by atoms with Crippen molar-refractivity contribution in [1.82, 2.24) is 0 Å². The van der Waals surface area contributed by atoms with Gasteiger partial charge in [-0.05, 0) is 110 Å². The number of rotatable bonds is 5. The number of hydrogen-bond acceptors (Lipinski definition) is 1. The zero-order valence-electron chi connectivity index (χ0n) is 19.7. The highest BCUT2D eigenvalue weighted by Crippen LogP contribution is 2.67. The van der Waals surface area contributed by atoms with Crippen molar-refractivity contribution in [3.63, 3.8) is 0 Å². The van der Waals surface area contributed by atoms with Gasteiger partial charge >= 0.3 is 0 Å². The molecule has 4 rings (SSSR count). The second-order valence-corrected chi connectivity index (χ2v) is 12.0. The third-order valence-corrected chi connectivity index (χ3v) is 10.5. The Morgan fingerprint density at radius 2 is 1.83 bits per heavy atom. The third kappa shape index (κ3) is 3.49. The van der Waals surface area contributed by atoms with Crippen molar-refractivity contribution < 1.29 is 4.79 Å². The summed E-state index contributed by atoms with van der Waals surface area (Å²) in [7, 11) is 0. The summed E-state index contributed by atoms with van der Waals surface area (Å²) in [6.07, 6.45) is 14.7. The maximum Gasteiger partial charge on any atom is 0.155 e. The Morgan fingerprint density at radius 1 is 1.07 bits per heavy atom. The van der Waals surface area contributed by atoms with Crippen molar-refractivity contribution in [2.24, 2.45) is 46.3 Å². The van der Waals surface area contributed by atoms with Crippen LogP contribution in [0.5, 0.6) is 0 Å². The van der Waals surface area contributed by atoms with Crippen LogP contribution in [0.25, 0.3) is 0 Å². The fourth-order valence-electron chi connectivity index (χ4n) is 8.44. The lowest BCUT2D eigenvalue weighted by atomic mass is 9.46. The van der Waals surface area contributed by atoms with Gasteiger partial charge in [-0.25, -0.2) is 0 Å². The normalized spacial score (nSPS) is 42.7. The van der Waals surface area contributed by atoms with Crippen LogP contribution in [0.3, 0.4) is 0 Å². The number of hydrogen-bond donors (Lipinski definition) is 0. The minimum absolute atomic E-state index is 0.316. The van der Waals surface area contributed by atoms with E-state index in [-0.39, 0.29) is 0 Å². The van der Waals surface area contributed by atoms with Crippen molar-refractivity contribution in [3.05, 3.63) is 23.8 Å². The molecule has 0 aliphatic heterocycles. The van der Waals surface area contributed by atoms with Gasteiger partial charge in [0.15, 0.2) is 5.78 Å². The smallest absolute Gasteiger partial charge is 0.155 e. The Hall–Kier alpha value is -0.850. The van der Waals surface area contributed by atoms with Gasteiger partial charge in [-0.15, -0.1) is 0 Å². The molecule has 7 atom stereocenters. The molecular weight excluding hydrogens is 352 g/mol. The summed E-state index contributed by atoms with van der Waals surface area (Å²) in [5.74, 6) is 5.35. The molecular formula is C28H44O. The quantitative estimate of drug-likeness (QED) is 0.434. The minimum atomic E-state index is 0.316. The van der Waals surface area contributed by atoms with E-state index in [2.05, 4.69) is 47.3 Å². The summed E-state index contributed by atoms with van der Waals surface area (Å²) in [5.41, 5.74) is 3.80. The molecule has 3 fully saturated rings. The Labute approximate surface area is 179 Å². The summed E-state index contributed by atoms with van der Waals surface area (Å²) in [4.78, 5) is 12.0. The van der Waals surface area contributed by atoms with Crippen molar-refractivity contribution in [2.45, 2.75) is 98.8 Å². The molecule has 4 aliphatic carbocycles. The average Bonchev–Trinajstić information content (AvgIpc) is 3.03. The minimum Gasteiger partial charge on any atom is -0.295 e. The lowest BCUT2D eigenvalue weighted by Gasteiger charge is -2.58. The van der Waals surface area contributed by atoms with Crippen molar-refractivity contribution in [1.29, 1.82) is 0 Å². The van der Waals surface area contributed by atoms with E-state index in [9.17, 15) is 4.79 Å². The first kappa shape index (κ1) is 21.4.